The zero-order valence-corrected chi connectivity index (χ0v) is 12.7. The van der Waals surface area contributed by atoms with Crippen molar-refractivity contribution >= 4 is 22.3 Å². The van der Waals surface area contributed by atoms with Crippen molar-refractivity contribution in [2.45, 2.75) is 26.3 Å². The normalized spacial score (nSPS) is 24.8. The molecule has 1 aliphatic carbocycles. The van der Waals surface area contributed by atoms with Gasteiger partial charge in [0.15, 0.2) is 0 Å². The Bertz CT molecular complexity index is 784. The summed E-state index contributed by atoms with van der Waals surface area (Å²) in [7, 11) is 2.14. The van der Waals surface area contributed by atoms with Crippen LogP contribution in [0.3, 0.4) is 0 Å². The lowest BCUT2D eigenvalue weighted by atomic mass is 9.79. The molecule has 3 heteroatoms. The summed E-state index contributed by atoms with van der Waals surface area (Å²) in [6.07, 6.45) is 5.40. The van der Waals surface area contributed by atoms with Crippen LogP contribution >= 0.6 is 0 Å². The molecule has 2 heterocycles. The second-order valence-electron chi connectivity index (χ2n) is 6.49. The predicted octanol–water partition coefficient (Wildman–Crippen LogP) is 2.94. The highest BCUT2D eigenvalue weighted by molar-refractivity contribution is 6.00. The van der Waals surface area contributed by atoms with Crippen LogP contribution in [0.25, 0.3) is 16.5 Å². The Kier molecular flexibility index (Phi) is 2.64. The topological polar surface area (TPSA) is 36.1 Å². The first-order valence-electron chi connectivity index (χ1n) is 7.58. The third-order valence-corrected chi connectivity index (χ3v) is 5.13. The van der Waals surface area contributed by atoms with Crippen LogP contribution in [0.1, 0.15) is 23.6 Å². The van der Waals surface area contributed by atoms with Crippen LogP contribution in [0.4, 0.5) is 0 Å². The van der Waals surface area contributed by atoms with E-state index in [1.807, 2.05) is 0 Å². The molecular weight excluding hydrogens is 260 g/mol. The fourth-order valence-corrected chi connectivity index (χ4v) is 3.90. The molecule has 0 spiro atoms. The molecule has 0 saturated carbocycles. The highest BCUT2D eigenvalue weighted by atomic mass is 16.1. The van der Waals surface area contributed by atoms with Crippen LogP contribution in [0.2, 0.25) is 0 Å². The number of aromatic amines is 1. The van der Waals surface area contributed by atoms with E-state index in [0.29, 0.717) is 6.04 Å². The number of carbonyl (C=O) groups is 1. The summed E-state index contributed by atoms with van der Waals surface area (Å²) >= 11 is 0. The first-order chi connectivity index (χ1) is 10.1. The number of benzene rings is 1. The van der Waals surface area contributed by atoms with Gasteiger partial charge in [0.2, 0.25) is 0 Å². The largest absolute Gasteiger partial charge is 0.361 e. The molecule has 2 aliphatic rings. The van der Waals surface area contributed by atoms with E-state index in [4.69, 9.17) is 0 Å². The monoisotopic (exact) mass is 280 g/mol. The summed E-state index contributed by atoms with van der Waals surface area (Å²) in [5.74, 6) is 0.286. The summed E-state index contributed by atoms with van der Waals surface area (Å²) in [4.78, 5) is 17.6. The molecule has 0 radical (unpaired) electrons. The molecule has 108 valence electrons. The van der Waals surface area contributed by atoms with E-state index in [1.54, 1.807) is 6.92 Å². The van der Waals surface area contributed by atoms with Crippen LogP contribution in [0, 0.1) is 12.8 Å². The molecular formula is C18H20N2O. The zero-order valence-electron chi connectivity index (χ0n) is 12.7. The van der Waals surface area contributed by atoms with Gasteiger partial charge in [0.05, 0.1) is 0 Å². The van der Waals surface area contributed by atoms with Gasteiger partial charge < -0.3 is 4.98 Å². The average molecular weight is 280 g/mol. The molecule has 4 rings (SSSR count). The Labute approximate surface area is 124 Å². The van der Waals surface area contributed by atoms with Gasteiger partial charge in [-0.1, -0.05) is 18.2 Å². The number of aryl methyl sites for hydroxylation is 1. The lowest BCUT2D eigenvalue weighted by Crippen LogP contribution is -2.43. The molecule has 1 aliphatic heterocycles. The minimum atomic E-state index is 0.0260. The third-order valence-electron chi connectivity index (χ3n) is 5.13. The summed E-state index contributed by atoms with van der Waals surface area (Å²) < 4.78 is 0. The van der Waals surface area contributed by atoms with Crippen LogP contribution in [0.5, 0.6) is 0 Å². The zero-order chi connectivity index (χ0) is 14.7. The fraction of sp³-hybridized carbons (Fsp3) is 0.389. The van der Waals surface area contributed by atoms with Crippen LogP contribution in [-0.4, -0.2) is 35.3 Å². The number of nitrogens with one attached hydrogen (secondary N) is 1. The molecule has 0 fully saturated rings. The van der Waals surface area contributed by atoms with Gasteiger partial charge in [0, 0.05) is 35.6 Å². The van der Waals surface area contributed by atoms with E-state index >= 15 is 0 Å². The minimum absolute atomic E-state index is 0.0260. The maximum absolute atomic E-state index is 11.8. The van der Waals surface area contributed by atoms with E-state index in [-0.39, 0.29) is 11.7 Å². The maximum atomic E-state index is 11.8. The molecule has 0 unspecified atom stereocenters. The predicted molar refractivity (Wildman–Crippen MR) is 85.3 cm³/mol. The molecule has 1 aromatic carbocycles. The van der Waals surface area contributed by atoms with Gasteiger partial charge in [-0.2, -0.15) is 0 Å². The smallest absolute Gasteiger partial charge is 0.137 e. The molecule has 2 atom stereocenters. The summed E-state index contributed by atoms with van der Waals surface area (Å²) in [5, 5.41) is 1.36. The number of hydrogen-bond acceptors (Lipinski definition) is 2. The lowest BCUT2D eigenvalue weighted by molar-refractivity contribution is -0.120. The maximum Gasteiger partial charge on any atom is 0.137 e. The van der Waals surface area contributed by atoms with Gasteiger partial charge in [-0.25, -0.2) is 0 Å². The number of fused-ring (bicyclic) bond motifs is 2. The van der Waals surface area contributed by atoms with E-state index in [9.17, 15) is 4.79 Å². The van der Waals surface area contributed by atoms with Crippen molar-refractivity contribution in [1.82, 2.24) is 9.88 Å². The molecule has 1 N–H and O–H groups in total. The lowest BCUT2D eigenvalue weighted by Gasteiger charge is -2.39. The number of likely N-dealkylation sites (N-methyl/N-ethyl adjacent to an activating group) is 1. The van der Waals surface area contributed by atoms with Gasteiger partial charge in [-0.05, 0) is 49.6 Å². The van der Waals surface area contributed by atoms with Crippen molar-refractivity contribution < 1.29 is 4.79 Å². The Balaban J connectivity index is 1.98. The van der Waals surface area contributed by atoms with Crippen molar-refractivity contribution in [3.05, 3.63) is 41.1 Å². The Morgan fingerprint density at radius 3 is 2.95 bits per heavy atom. The van der Waals surface area contributed by atoms with E-state index in [2.05, 4.69) is 48.3 Å². The number of ketones is 1. The summed E-state index contributed by atoms with van der Waals surface area (Å²) in [6.45, 7) is 4.68. The van der Waals surface area contributed by atoms with Crippen molar-refractivity contribution in [3.8, 4) is 0 Å². The van der Waals surface area contributed by atoms with Gasteiger partial charge in [-0.15, -0.1) is 0 Å². The van der Waals surface area contributed by atoms with Crippen molar-refractivity contribution in [1.29, 1.82) is 0 Å². The second kappa shape index (κ2) is 4.31. The standard InChI is InChI=1S/C18H20N2O/c1-10-4-5-14-15-6-13(11(2)21)9-20(3)16(15)7-12-8-19-18(10)17(12)14/h4-6,8,13,16,19H,7,9H2,1-3H3/t13-,16-/m1/s1. The van der Waals surface area contributed by atoms with Gasteiger partial charge >= 0.3 is 0 Å². The number of rotatable bonds is 1. The van der Waals surface area contributed by atoms with E-state index in [1.165, 1.54) is 33.2 Å². The second-order valence-corrected chi connectivity index (χ2v) is 6.49. The fourth-order valence-electron chi connectivity index (χ4n) is 3.90. The number of carbonyl (C=O) groups excluding carboxylic acids is 1. The summed E-state index contributed by atoms with van der Waals surface area (Å²) in [6, 6.07) is 4.80. The number of Topliss-reactive ketones (excluding diaryl/α,β-unsaturated/α-hetero) is 1. The van der Waals surface area contributed by atoms with Gasteiger partial charge in [0.25, 0.3) is 0 Å². The van der Waals surface area contributed by atoms with Crippen molar-refractivity contribution in [2.24, 2.45) is 5.92 Å². The Morgan fingerprint density at radius 1 is 1.38 bits per heavy atom. The van der Waals surface area contributed by atoms with E-state index in [0.717, 1.165) is 13.0 Å². The number of hydrogen-bond donors (Lipinski definition) is 1. The van der Waals surface area contributed by atoms with Crippen molar-refractivity contribution in [3.63, 3.8) is 0 Å². The third kappa shape index (κ3) is 1.74. The Morgan fingerprint density at radius 2 is 2.19 bits per heavy atom. The highest BCUT2D eigenvalue weighted by Crippen LogP contribution is 2.41. The molecule has 2 aromatic rings. The molecule has 0 bridgehead atoms. The minimum Gasteiger partial charge on any atom is -0.361 e. The summed E-state index contributed by atoms with van der Waals surface area (Å²) in [5.41, 5.74) is 6.57. The molecule has 3 nitrogen and oxygen atoms in total. The highest BCUT2D eigenvalue weighted by Gasteiger charge is 2.34. The quantitative estimate of drug-likeness (QED) is 0.872. The van der Waals surface area contributed by atoms with Crippen LogP contribution < -0.4 is 0 Å². The number of aromatic nitrogens is 1. The Hall–Kier alpha value is -1.87. The average Bonchev–Trinajstić information content (AvgIpc) is 2.87. The van der Waals surface area contributed by atoms with Gasteiger partial charge in [-0.3, -0.25) is 9.69 Å². The molecule has 21 heavy (non-hydrogen) atoms. The SMILES string of the molecule is CC(=O)[C@@H]1C=C2c3ccc(C)c4[nH]cc(c34)C[C@H]2N(C)C1. The first kappa shape index (κ1) is 12.8. The number of nitrogens with zero attached hydrogens (tertiary/aromatic N) is 1. The van der Waals surface area contributed by atoms with E-state index < -0.39 is 0 Å². The van der Waals surface area contributed by atoms with Gasteiger partial charge in [0.1, 0.15) is 5.78 Å². The van der Waals surface area contributed by atoms with Crippen molar-refractivity contribution in [2.75, 3.05) is 13.6 Å². The van der Waals surface area contributed by atoms with Crippen LogP contribution in [-0.2, 0) is 11.2 Å². The molecule has 0 amide bonds. The van der Waals surface area contributed by atoms with Crippen LogP contribution in [0.15, 0.2) is 24.4 Å². The molecule has 0 saturated heterocycles. The molecule has 1 aromatic heterocycles. The first-order valence-corrected chi connectivity index (χ1v) is 7.58. The number of H-pyrrole nitrogens is 1.